The van der Waals surface area contributed by atoms with Crippen molar-refractivity contribution in [3.63, 3.8) is 0 Å². The zero-order valence-corrected chi connectivity index (χ0v) is 15.1. The van der Waals surface area contributed by atoms with Gasteiger partial charge >= 0.3 is 5.97 Å². The average Bonchev–Trinajstić information content (AvgIpc) is 3.02. The minimum atomic E-state index is -0.373. The second-order valence-electron chi connectivity index (χ2n) is 6.25. The van der Waals surface area contributed by atoms with E-state index in [2.05, 4.69) is 4.98 Å². The normalized spacial score (nSPS) is 11.2. The minimum Gasteiger partial charge on any atom is -0.464 e. The highest BCUT2D eigenvalue weighted by Gasteiger charge is 2.17. The van der Waals surface area contributed by atoms with Gasteiger partial charge in [0, 0.05) is 27.6 Å². The summed E-state index contributed by atoms with van der Waals surface area (Å²) in [6.07, 6.45) is 3.36. The van der Waals surface area contributed by atoms with Gasteiger partial charge in [0.15, 0.2) is 5.75 Å². The van der Waals surface area contributed by atoms with Gasteiger partial charge < -0.3 is 9.15 Å². The Labute approximate surface area is 155 Å². The molecule has 0 atom stereocenters. The van der Waals surface area contributed by atoms with E-state index in [1.54, 1.807) is 18.5 Å². The Morgan fingerprint density at radius 2 is 2.04 bits per heavy atom. The molecule has 5 heteroatoms. The molecule has 0 N–H and O–H groups in total. The first-order valence-electron chi connectivity index (χ1n) is 8.25. The lowest BCUT2D eigenvalue weighted by molar-refractivity contribution is -0.133. The lowest BCUT2D eigenvalue weighted by Crippen LogP contribution is -2.11. The molecule has 0 saturated heterocycles. The highest BCUT2D eigenvalue weighted by atomic mass is 35.5. The number of carbonyl (C=O) groups excluding carboxylic acids is 1. The van der Waals surface area contributed by atoms with Gasteiger partial charge in [0.05, 0.1) is 12.7 Å². The van der Waals surface area contributed by atoms with E-state index in [0.29, 0.717) is 16.3 Å². The quantitative estimate of drug-likeness (QED) is 0.360. The van der Waals surface area contributed by atoms with E-state index in [4.69, 9.17) is 20.8 Å². The van der Waals surface area contributed by atoms with Crippen molar-refractivity contribution < 1.29 is 13.9 Å². The Balaban J connectivity index is 1.65. The molecule has 0 radical (unpaired) electrons. The number of benzene rings is 2. The maximum Gasteiger partial charge on any atom is 0.315 e. The molecule has 0 saturated carbocycles. The first-order chi connectivity index (χ1) is 12.5. The Morgan fingerprint density at radius 1 is 1.23 bits per heavy atom. The van der Waals surface area contributed by atoms with Crippen molar-refractivity contribution in [3.05, 3.63) is 70.6 Å². The number of aryl methyl sites for hydroxylation is 2. The summed E-state index contributed by atoms with van der Waals surface area (Å²) < 4.78 is 11.2. The molecule has 2 aromatic carbocycles. The monoisotopic (exact) mass is 365 g/mol. The second kappa shape index (κ2) is 6.46. The van der Waals surface area contributed by atoms with Crippen molar-refractivity contribution in [2.75, 3.05) is 0 Å². The van der Waals surface area contributed by atoms with Crippen molar-refractivity contribution in [3.8, 4) is 5.75 Å². The number of furan rings is 1. The summed E-state index contributed by atoms with van der Waals surface area (Å²) in [6.45, 7) is 3.86. The summed E-state index contributed by atoms with van der Waals surface area (Å²) in [5.74, 6) is 0.0773. The van der Waals surface area contributed by atoms with Gasteiger partial charge in [0.1, 0.15) is 11.1 Å². The number of hydrogen-bond donors (Lipinski definition) is 0. The summed E-state index contributed by atoms with van der Waals surface area (Å²) >= 11 is 6.35. The molecule has 130 valence electrons. The molecule has 0 fully saturated rings. The summed E-state index contributed by atoms with van der Waals surface area (Å²) in [6, 6.07) is 11.2. The Hall–Kier alpha value is -2.85. The van der Waals surface area contributed by atoms with Gasteiger partial charge in [0.25, 0.3) is 0 Å². The third-order valence-electron chi connectivity index (χ3n) is 4.45. The summed E-state index contributed by atoms with van der Waals surface area (Å²) in [7, 11) is 0. The fraction of sp³-hybridized carbons (Fsp3) is 0.143. The predicted molar refractivity (Wildman–Crippen MR) is 102 cm³/mol. The van der Waals surface area contributed by atoms with Crippen LogP contribution in [-0.2, 0) is 11.2 Å². The Bertz CT molecular complexity index is 1140. The number of hydrogen-bond acceptors (Lipinski definition) is 4. The van der Waals surface area contributed by atoms with Crippen LogP contribution < -0.4 is 4.74 Å². The molecular weight excluding hydrogens is 350 g/mol. The van der Waals surface area contributed by atoms with Gasteiger partial charge in [-0.3, -0.25) is 9.78 Å². The highest BCUT2D eigenvalue weighted by Crippen LogP contribution is 2.33. The summed E-state index contributed by atoms with van der Waals surface area (Å²) in [5.41, 5.74) is 4.00. The molecular formula is C21H16ClNO3. The number of pyridine rings is 1. The topological polar surface area (TPSA) is 52.3 Å². The lowest BCUT2D eigenvalue weighted by Gasteiger charge is -2.08. The number of aromatic nitrogens is 1. The minimum absolute atomic E-state index is 0.0937. The van der Waals surface area contributed by atoms with Crippen molar-refractivity contribution >= 4 is 39.4 Å². The van der Waals surface area contributed by atoms with E-state index >= 15 is 0 Å². The number of para-hydroxylation sites is 1. The number of halogens is 1. The highest BCUT2D eigenvalue weighted by molar-refractivity contribution is 6.33. The van der Waals surface area contributed by atoms with Crippen LogP contribution in [-0.4, -0.2) is 11.0 Å². The molecule has 0 amide bonds. The van der Waals surface area contributed by atoms with Crippen LogP contribution in [0, 0.1) is 13.8 Å². The van der Waals surface area contributed by atoms with Gasteiger partial charge in [-0.15, -0.1) is 0 Å². The van der Waals surface area contributed by atoms with Crippen molar-refractivity contribution in [2.45, 2.75) is 20.3 Å². The van der Waals surface area contributed by atoms with Gasteiger partial charge in [-0.05, 0) is 43.2 Å². The van der Waals surface area contributed by atoms with E-state index in [9.17, 15) is 4.79 Å². The fourth-order valence-corrected chi connectivity index (χ4v) is 3.36. The maximum absolute atomic E-state index is 12.5. The van der Waals surface area contributed by atoms with Crippen molar-refractivity contribution in [1.82, 2.24) is 4.98 Å². The van der Waals surface area contributed by atoms with E-state index < -0.39 is 0 Å². The van der Waals surface area contributed by atoms with E-state index in [0.717, 1.165) is 33.0 Å². The SMILES string of the molecule is Cc1cc2occ(CC(=O)Oc3cccc4cccnc34)c2c(C)c1Cl. The molecule has 0 unspecified atom stereocenters. The number of rotatable bonds is 3. The molecule has 4 nitrogen and oxygen atoms in total. The standard InChI is InChI=1S/C21H16ClNO3/c1-12-9-17-19(13(2)20(12)22)15(11-25-17)10-18(24)26-16-7-3-5-14-6-4-8-23-21(14)16/h3-9,11H,10H2,1-2H3. The van der Waals surface area contributed by atoms with Gasteiger partial charge in [-0.1, -0.05) is 29.8 Å². The number of fused-ring (bicyclic) bond motifs is 2. The lowest BCUT2D eigenvalue weighted by atomic mass is 10.0. The third kappa shape index (κ3) is 2.82. The van der Waals surface area contributed by atoms with Crippen LogP contribution in [0.5, 0.6) is 5.75 Å². The van der Waals surface area contributed by atoms with E-state index in [1.165, 1.54) is 0 Å². The van der Waals surface area contributed by atoms with Crippen molar-refractivity contribution in [2.24, 2.45) is 0 Å². The van der Waals surface area contributed by atoms with Gasteiger partial charge in [-0.2, -0.15) is 0 Å². The molecule has 26 heavy (non-hydrogen) atoms. The fourth-order valence-electron chi connectivity index (χ4n) is 3.21. The molecule has 4 aromatic rings. The van der Waals surface area contributed by atoms with Crippen LogP contribution in [0.3, 0.4) is 0 Å². The van der Waals surface area contributed by atoms with E-state index in [-0.39, 0.29) is 12.4 Å². The maximum atomic E-state index is 12.5. The first kappa shape index (κ1) is 16.6. The number of carbonyl (C=O) groups is 1. The van der Waals surface area contributed by atoms with E-state index in [1.807, 2.05) is 44.2 Å². The smallest absolute Gasteiger partial charge is 0.315 e. The van der Waals surface area contributed by atoms with Crippen LogP contribution in [0.15, 0.2) is 53.3 Å². The summed E-state index contributed by atoms with van der Waals surface area (Å²) in [4.78, 5) is 16.8. The number of esters is 1. The van der Waals surface area contributed by atoms with Gasteiger partial charge in [0.2, 0.25) is 0 Å². The van der Waals surface area contributed by atoms with Crippen LogP contribution in [0.2, 0.25) is 5.02 Å². The zero-order chi connectivity index (χ0) is 18.3. The van der Waals surface area contributed by atoms with Crippen molar-refractivity contribution in [1.29, 1.82) is 0 Å². The number of nitrogens with zero attached hydrogens (tertiary/aromatic N) is 1. The molecule has 2 aromatic heterocycles. The second-order valence-corrected chi connectivity index (χ2v) is 6.63. The Kier molecular flexibility index (Phi) is 4.13. The van der Waals surface area contributed by atoms with Crippen LogP contribution in [0.1, 0.15) is 16.7 Å². The average molecular weight is 366 g/mol. The third-order valence-corrected chi connectivity index (χ3v) is 5.03. The molecule has 4 rings (SSSR count). The van der Waals surface area contributed by atoms with Crippen LogP contribution in [0.4, 0.5) is 0 Å². The molecule has 0 aliphatic rings. The zero-order valence-electron chi connectivity index (χ0n) is 14.4. The summed E-state index contributed by atoms with van der Waals surface area (Å²) in [5, 5.41) is 2.48. The molecule has 0 spiro atoms. The Morgan fingerprint density at radius 3 is 2.88 bits per heavy atom. The molecule has 2 heterocycles. The molecule has 0 aliphatic carbocycles. The molecule has 0 aliphatic heterocycles. The first-order valence-corrected chi connectivity index (χ1v) is 8.62. The molecule has 0 bridgehead atoms. The van der Waals surface area contributed by atoms with Crippen LogP contribution >= 0.6 is 11.6 Å². The number of ether oxygens (including phenoxy) is 1. The largest absolute Gasteiger partial charge is 0.464 e. The predicted octanol–water partition coefficient (Wildman–Crippen LogP) is 5.40. The van der Waals surface area contributed by atoms with Crippen LogP contribution in [0.25, 0.3) is 21.9 Å². The van der Waals surface area contributed by atoms with Gasteiger partial charge in [-0.25, -0.2) is 0 Å².